The maximum Gasteiger partial charge on any atom is 0.188 e. The predicted octanol–water partition coefficient (Wildman–Crippen LogP) is 2.74. The molecule has 1 aromatic heterocycles. The minimum atomic E-state index is -0.592. The number of rotatable bonds is 5. The third-order valence-electron chi connectivity index (χ3n) is 2.75. The van der Waals surface area contributed by atoms with Crippen LogP contribution >= 0.6 is 11.8 Å². The largest absolute Gasteiger partial charge is 0.389 e. The normalized spacial score (nSPS) is 11.8. The summed E-state index contributed by atoms with van der Waals surface area (Å²) in [7, 11) is 0. The Labute approximate surface area is 102 Å². The molecule has 0 radical (unpaired) electrons. The van der Waals surface area contributed by atoms with E-state index in [0.717, 1.165) is 29.4 Å². The molecule has 0 aliphatic rings. The van der Waals surface area contributed by atoms with Crippen LogP contribution in [0.1, 0.15) is 38.1 Å². The highest BCUT2D eigenvalue weighted by Gasteiger charge is 2.22. The van der Waals surface area contributed by atoms with Crippen molar-refractivity contribution in [3.8, 4) is 0 Å². The number of hydrogen-bond donors (Lipinski definition) is 1. The average Bonchev–Trinajstić information content (AvgIpc) is 2.25. The summed E-state index contributed by atoms with van der Waals surface area (Å²) in [6.45, 7) is 7.94. The Hall–Kier alpha value is -0.610. The summed E-state index contributed by atoms with van der Waals surface area (Å²) >= 11 is 1.53. The van der Waals surface area contributed by atoms with E-state index < -0.39 is 5.60 Å². The predicted molar refractivity (Wildman–Crippen MR) is 67.8 cm³/mol. The molecular formula is C12H20N2OS. The van der Waals surface area contributed by atoms with Gasteiger partial charge in [0.05, 0.1) is 5.60 Å². The monoisotopic (exact) mass is 240 g/mol. The molecule has 0 aliphatic heterocycles. The molecule has 0 fully saturated rings. The van der Waals surface area contributed by atoms with E-state index in [1.807, 2.05) is 33.8 Å². The number of aryl methyl sites for hydroxylation is 2. The van der Waals surface area contributed by atoms with E-state index in [0.29, 0.717) is 5.75 Å². The Balaban J connectivity index is 2.67. The SMILES string of the molecule is CCC(O)(CC)CSc1nc(C)cc(C)n1. The quantitative estimate of drug-likeness (QED) is 0.635. The van der Waals surface area contributed by atoms with Crippen molar-refractivity contribution in [1.82, 2.24) is 9.97 Å². The Morgan fingerprint density at radius 2 is 1.69 bits per heavy atom. The van der Waals surface area contributed by atoms with E-state index in [1.54, 1.807) is 0 Å². The van der Waals surface area contributed by atoms with E-state index in [-0.39, 0.29) is 0 Å². The molecule has 1 N–H and O–H groups in total. The van der Waals surface area contributed by atoms with Gasteiger partial charge in [0.25, 0.3) is 0 Å². The van der Waals surface area contributed by atoms with Gasteiger partial charge in [-0.05, 0) is 32.8 Å². The fraction of sp³-hybridized carbons (Fsp3) is 0.667. The zero-order valence-corrected chi connectivity index (χ0v) is 11.3. The molecule has 3 nitrogen and oxygen atoms in total. The zero-order chi connectivity index (χ0) is 12.2. The molecule has 0 spiro atoms. The van der Waals surface area contributed by atoms with Gasteiger partial charge in [-0.25, -0.2) is 9.97 Å². The molecule has 0 aromatic carbocycles. The van der Waals surface area contributed by atoms with Gasteiger partial charge in [-0.3, -0.25) is 0 Å². The highest BCUT2D eigenvalue weighted by Crippen LogP contribution is 2.24. The number of aliphatic hydroxyl groups is 1. The third kappa shape index (κ3) is 3.76. The second-order valence-electron chi connectivity index (χ2n) is 4.15. The van der Waals surface area contributed by atoms with Crippen molar-refractivity contribution in [2.45, 2.75) is 51.3 Å². The summed E-state index contributed by atoms with van der Waals surface area (Å²) in [4.78, 5) is 8.69. The number of aromatic nitrogens is 2. The molecule has 0 saturated carbocycles. The van der Waals surface area contributed by atoms with Crippen molar-refractivity contribution in [3.63, 3.8) is 0 Å². The van der Waals surface area contributed by atoms with Gasteiger partial charge in [0, 0.05) is 17.1 Å². The number of nitrogens with zero attached hydrogens (tertiary/aromatic N) is 2. The van der Waals surface area contributed by atoms with E-state index >= 15 is 0 Å². The Bertz CT molecular complexity index is 331. The fourth-order valence-corrected chi connectivity index (χ4v) is 2.63. The third-order valence-corrected chi connectivity index (χ3v) is 3.87. The molecule has 0 atom stereocenters. The van der Waals surface area contributed by atoms with Crippen molar-refractivity contribution >= 4 is 11.8 Å². The molecule has 1 aromatic rings. The summed E-state index contributed by atoms with van der Waals surface area (Å²) in [5.41, 5.74) is 1.36. The second-order valence-corrected chi connectivity index (χ2v) is 5.10. The Morgan fingerprint density at radius 1 is 1.19 bits per heavy atom. The number of hydrogen-bond acceptors (Lipinski definition) is 4. The molecule has 0 bridgehead atoms. The first-order valence-corrected chi connectivity index (χ1v) is 6.65. The maximum absolute atomic E-state index is 10.2. The van der Waals surface area contributed by atoms with Gasteiger partial charge in [-0.2, -0.15) is 0 Å². The minimum absolute atomic E-state index is 0.592. The van der Waals surface area contributed by atoms with Gasteiger partial charge in [0.2, 0.25) is 0 Å². The van der Waals surface area contributed by atoms with Crippen LogP contribution < -0.4 is 0 Å². The van der Waals surface area contributed by atoms with Crippen LogP contribution in [0.5, 0.6) is 0 Å². The van der Waals surface area contributed by atoms with Gasteiger partial charge in [-0.15, -0.1) is 0 Å². The van der Waals surface area contributed by atoms with Crippen molar-refractivity contribution < 1.29 is 5.11 Å². The first-order valence-electron chi connectivity index (χ1n) is 5.66. The molecule has 4 heteroatoms. The summed E-state index contributed by atoms with van der Waals surface area (Å²) in [5.74, 6) is 0.656. The van der Waals surface area contributed by atoms with Gasteiger partial charge >= 0.3 is 0 Å². The van der Waals surface area contributed by atoms with Crippen LogP contribution in [0.4, 0.5) is 0 Å². The lowest BCUT2D eigenvalue weighted by Gasteiger charge is -2.24. The molecule has 16 heavy (non-hydrogen) atoms. The maximum atomic E-state index is 10.2. The zero-order valence-electron chi connectivity index (χ0n) is 10.4. The Morgan fingerprint density at radius 3 is 2.12 bits per heavy atom. The number of thioether (sulfide) groups is 1. The highest BCUT2D eigenvalue weighted by molar-refractivity contribution is 7.99. The minimum Gasteiger partial charge on any atom is -0.389 e. The standard InChI is InChI=1S/C12H20N2OS/c1-5-12(15,6-2)8-16-11-13-9(3)7-10(4)14-11/h7,15H,5-6,8H2,1-4H3. The lowest BCUT2D eigenvalue weighted by atomic mass is 10.0. The average molecular weight is 240 g/mol. The van der Waals surface area contributed by atoms with Crippen LogP contribution in [0.15, 0.2) is 11.2 Å². The summed E-state index contributed by atoms with van der Waals surface area (Å²) in [6, 6.07) is 1.95. The van der Waals surface area contributed by atoms with Gasteiger partial charge < -0.3 is 5.11 Å². The lowest BCUT2D eigenvalue weighted by molar-refractivity contribution is 0.0571. The highest BCUT2D eigenvalue weighted by atomic mass is 32.2. The van der Waals surface area contributed by atoms with E-state index in [1.165, 1.54) is 11.8 Å². The van der Waals surface area contributed by atoms with E-state index in [9.17, 15) is 5.11 Å². The lowest BCUT2D eigenvalue weighted by Crippen LogP contribution is -2.29. The van der Waals surface area contributed by atoms with Crippen LogP contribution in [0.2, 0.25) is 0 Å². The molecule has 1 rings (SSSR count). The molecule has 0 unspecified atom stereocenters. The van der Waals surface area contributed by atoms with Crippen molar-refractivity contribution in [2.24, 2.45) is 0 Å². The van der Waals surface area contributed by atoms with Crippen molar-refractivity contribution in [2.75, 3.05) is 5.75 Å². The Kier molecular flexibility index (Phi) is 4.74. The van der Waals surface area contributed by atoms with Gasteiger partial charge in [0.1, 0.15) is 0 Å². The fourth-order valence-electron chi connectivity index (χ4n) is 1.41. The van der Waals surface area contributed by atoms with Crippen LogP contribution in [-0.4, -0.2) is 26.4 Å². The first kappa shape index (κ1) is 13.5. The van der Waals surface area contributed by atoms with Crippen LogP contribution in [0.3, 0.4) is 0 Å². The smallest absolute Gasteiger partial charge is 0.188 e. The molecule has 90 valence electrons. The van der Waals surface area contributed by atoms with Gasteiger partial charge in [0.15, 0.2) is 5.16 Å². The summed E-state index contributed by atoms with van der Waals surface area (Å²) < 4.78 is 0. The van der Waals surface area contributed by atoms with Crippen LogP contribution in [0.25, 0.3) is 0 Å². The van der Waals surface area contributed by atoms with Crippen molar-refractivity contribution in [3.05, 3.63) is 17.5 Å². The topological polar surface area (TPSA) is 46.0 Å². The van der Waals surface area contributed by atoms with E-state index in [2.05, 4.69) is 9.97 Å². The molecular weight excluding hydrogens is 220 g/mol. The van der Waals surface area contributed by atoms with Crippen molar-refractivity contribution in [1.29, 1.82) is 0 Å². The second kappa shape index (κ2) is 5.64. The van der Waals surface area contributed by atoms with Crippen LogP contribution in [0, 0.1) is 13.8 Å². The van der Waals surface area contributed by atoms with Crippen LogP contribution in [-0.2, 0) is 0 Å². The summed E-state index contributed by atoms with van der Waals surface area (Å²) in [5, 5.41) is 10.9. The molecule has 0 saturated heterocycles. The molecule has 1 heterocycles. The first-order chi connectivity index (χ1) is 7.49. The van der Waals surface area contributed by atoms with Gasteiger partial charge in [-0.1, -0.05) is 25.6 Å². The molecule has 0 aliphatic carbocycles. The summed E-state index contributed by atoms with van der Waals surface area (Å²) in [6.07, 6.45) is 1.53. The molecule has 0 amide bonds. The van der Waals surface area contributed by atoms with E-state index in [4.69, 9.17) is 0 Å².